The maximum atomic E-state index is 13.1. The first-order valence-electron chi connectivity index (χ1n) is 11.1. The average Bonchev–Trinajstić information content (AvgIpc) is 3.22. The molecule has 1 saturated carbocycles. The largest absolute Gasteiger partial charge is 0.386 e. The number of hydrogen-bond acceptors (Lipinski definition) is 5. The number of halogens is 5. The van der Waals surface area contributed by atoms with E-state index in [9.17, 15) is 29.3 Å². The third kappa shape index (κ3) is 6.19. The Kier molecular flexibility index (Phi) is 6.73. The number of hydrogen-bond donors (Lipinski definition) is 2. The van der Waals surface area contributed by atoms with Crippen LogP contribution in [-0.2, 0) is 10.4 Å². The number of benzene rings is 1. The molecule has 0 unspecified atom stereocenters. The van der Waals surface area contributed by atoms with Crippen molar-refractivity contribution in [1.29, 1.82) is 0 Å². The molecule has 1 aromatic carbocycles. The van der Waals surface area contributed by atoms with Gasteiger partial charge >= 0.3 is 10.2 Å². The second-order valence-electron chi connectivity index (χ2n) is 9.20. The molecule has 4 rings (SSSR count). The molecule has 3 aromatic rings. The van der Waals surface area contributed by atoms with Crippen molar-refractivity contribution >= 4 is 39.5 Å². The lowest BCUT2D eigenvalue weighted by Crippen LogP contribution is -2.22. The quantitative estimate of drug-likeness (QED) is 0.348. The minimum atomic E-state index is -10.1. The highest BCUT2D eigenvalue weighted by molar-refractivity contribution is 8.45. The van der Waals surface area contributed by atoms with Gasteiger partial charge in [0.25, 0.3) is 5.91 Å². The first-order chi connectivity index (χ1) is 16.5. The third-order valence-electron chi connectivity index (χ3n) is 5.87. The summed E-state index contributed by atoms with van der Waals surface area (Å²) in [6, 6.07) is 5.13. The number of fused-ring (bicyclic) bond motifs is 1. The smallest absolute Gasteiger partial charge is 0.325 e. The third-order valence-corrected chi connectivity index (χ3v) is 6.89. The summed E-state index contributed by atoms with van der Waals surface area (Å²) in [7, 11) is -10.1. The maximum absolute atomic E-state index is 13.1. The maximum Gasteiger partial charge on any atom is 0.325 e. The summed E-state index contributed by atoms with van der Waals surface area (Å²) in [5.74, 6) is -1.12. The van der Waals surface area contributed by atoms with Crippen LogP contribution in [-0.4, -0.2) is 32.6 Å². The van der Waals surface area contributed by atoms with Gasteiger partial charge in [0, 0.05) is 22.8 Å². The van der Waals surface area contributed by atoms with E-state index >= 15 is 0 Å². The van der Waals surface area contributed by atoms with E-state index in [-0.39, 0.29) is 23.4 Å². The van der Waals surface area contributed by atoms with E-state index < -0.39 is 32.5 Å². The van der Waals surface area contributed by atoms with Gasteiger partial charge in [-0.15, -0.1) is 0 Å². The van der Waals surface area contributed by atoms with Gasteiger partial charge in [-0.1, -0.05) is 44.8 Å². The zero-order chi connectivity index (χ0) is 27.0. The Bertz CT molecular complexity index is 1280. The van der Waals surface area contributed by atoms with Crippen molar-refractivity contribution in [2.45, 2.75) is 62.6 Å². The normalized spacial score (nSPS) is 17.0. The zero-order valence-corrected chi connectivity index (χ0v) is 20.5. The molecule has 7 nitrogen and oxygen atoms in total. The lowest BCUT2D eigenvalue weighted by atomic mass is 9.95. The summed E-state index contributed by atoms with van der Waals surface area (Å²) in [5, 5.41) is 15.9. The second-order valence-corrected chi connectivity index (χ2v) is 11.6. The van der Waals surface area contributed by atoms with E-state index in [0.29, 0.717) is 17.0 Å². The molecule has 1 fully saturated rings. The van der Waals surface area contributed by atoms with E-state index in [1.165, 1.54) is 20.3 Å². The Morgan fingerprint density at radius 3 is 2.33 bits per heavy atom. The van der Waals surface area contributed by atoms with Crippen LogP contribution >= 0.6 is 10.2 Å². The Balaban J connectivity index is 0.00000176. The molecule has 0 spiro atoms. The van der Waals surface area contributed by atoms with Crippen LogP contribution in [0.3, 0.4) is 0 Å². The SMILES string of the molecule is C=O.CC(C)(O)c1cc2nn(C3CCCCC3)cc2cc1NC(=O)c1cccc(S(F)(F)(F)(F)F)n1. The molecule has 0 aliphatic heterocycles. The highest BCUT2D eigenvalue weighted by Crippen LogP contribution is 3.01. The van der Waals surface area contributed by atoms with Crippen molar-refractivity contribution in [3.63, 3.8) is 0 Å². The fourth-order valence-electron chi connectivity index (χ4n) is 4.18. The van der Waals surface area contributed by atoms with Gasteiger partial charge in [-0.05, 0) is 51.0 Å². The van der Waals surface area contributed by atoms with Crippen molar-refractivity contribution in [3.8, 4) is 0 Å². The molecule has 1 aliphatic carbocycles. The number of anilines is 1. The summed E-state index contributed by atoms with van der Waals surface area (Å²) in [5.41, 5.74) is -1.30. The van der Waals surface area contributed by atoms with Gasteiger partial charge in [0.2, 0.25) is 0 Å². The summed E-state index contributed by atoms with van der Waals surface area (Å²) < 4.78 is 67.5. The second kappa shape index (κ2) is 8.80. The first-order valence-corrected chi connectivity index (χ1v) is 13.0. The number of amides is 1. The van der Waals surface area contributed by atoms with E-state index in [1.807, 2.05) is 17.7 Å². The molecule has 36 heavy (non-hydrogen) atoms. The zero-order valence-electron chi connectivity index (χ0n) is 19.7. The Labute approximate surface area is 204 Å². The van der Waals surface area contributed by atoms with Crippen molar-refractivity contribution in [2.24, 2.45) is 0 Å². The number of aliphatic hydroxyl groups is 1. The Hall–Kier alpha value is -3.06. The minimum Gasteiger partial charge on any atom is -0.386 e. The molecule has 2 N–H and O–H groups in total. The van der Waals surface area contributed by atoms with Gasteiger partial charge in [0.15, 0.2) is 5.03 Å². The average molecular weight is 535 g/mol. The molecule has 0 saturated heterocycles. The van der Waals surface area contributed by atoms with E-state index in [2.05, 4.69) is 15.4 Å². The molecule has 13 heteroatoms. The number of pyridine rings is 1. The van der Waals surface area contributed by atoms with Crippen LogP contribution < -0.4 is 5.32 Å². The summed E-state index contributed by atoms with van der Waals surface area (Å²) in [6.07, 6.45) is 7.17. The van der Waals surface area contributed by atoms with Crippen molar-refractivity contribution in [3.05, 3.63) is 47.8 Å². The Morgan fingerprint density at radius 1 is 1.11 bits per heavy atom. The molecule has 1 amide bonds. The number of nitrogens with one attached hydrogen (secondary N) is 1. The number of nitrogens with zero attached hydrogens (tertiary/aromatic N) is 3. The van der Waals surface area contributed by atoms with Gasteiger partial charge in [-0.2, -0.15) is 5.10 Å². The van der Waals surface area contributed by atoms with Crippen molar-refractivity contribution < 1.29 is 34.1 Å². The van der Waals surface area contributed by atoms with Gasteiger partial charge in [0.05, 0.1) is 17.2 Å². The van der Waals surface area contributed by atoms with E-state index in [4.69, 9.17) is 4.79 Å². The fourth-order valence-corrected chi connectivity index (χ4v) is 4.78. The molecule has 0 bridgehead atoms. The topological polar surface area (TPSA) is 97.1 Å². The van der Waals surface area contributed by atoms with Gasteiger partial charge in [-0.25, -0.2) is 4.98 Å². The number of aromatic nitrogens is 3. The van der Waals surface area contributed by atoms with Crippen LogP contribution in [0.15, 0.2) is 41.6 Å². The van der Waals surface area contributed by atoms with E-state index in [1.54, 1.807) is 12.1 Å². The van der Waals surface area contributed by atoms with Crippen LogP contribution in [0.1, 0.15) is 68.0 Å². The van der Waals surface area contributed by atoms with Gasteiger partial charge in [0.1, 0.15) is 12.5 Å². The van der Waals surface area contributed by atoms with Gasteiger partial charge in [-0.3, -0.25) is 9.48 Å². The number of rotatable bonds is 5. The van der Waals surface area contributed by atoms with Gasteiger partial charge < -0.3 is 15.2 Å². The van der Waals surface area contributed by atoms with Crippen LogP contribution in [0.25, 0.3) is 10.9 Å². The van der Waals surface area contributed by atoms with E-state index in [0.717, 1.165) is 31.7 Å². The lowest BCUT2D eigenvalue weighted by Gasteiger charge is -2.39. The van der Waals surface area contributed by atoms with Crippen molar-refractivity contribution in [2.75, 3.05) is 5.32 Å². The van der Waals surface area contributed by atoms with Crippen molar-refractivity contribution in [1.82, 2.24) is 14.8 Å². The summed E-state index contributed by atoms with van der Waals surface area (Å²) in [4.78, 5) is 23.6. The first kappa shape index (κ1) is 27.5. The molecule has 0 radical (unpaired) electrons. The highest BCUT2D eigenvalue weighted by Gasteiger charge is 2.67. The standard InChI is InChI=1S/C22H25F5N4O2S.CH2O/c1-22(2,33)16-12-18-14(13-31(30-18)15-7-4-3-5-8-15)11-19(16)29-21(32)17-9-6-10-20(28-17)34(23,24,25,26)27;1-2/h6,9-13,15,33H,3-5,7-8H2,1-2H3,(H,29,32);1H2. The minimum absolute atomic E-state index is 0.118. The summed E-state index contributed by atoms with van der Waals surface area (Å²) in [6.45, 7) is 4.96. The van der Waals surface area contributed by atoms with Crippen LogP contribution in [0.4, 0.5) is 25.1 Å². The lowest BCUT2D eigenvalue weighted by molar-refractivity contribution is -0.0980. The number of carbonyl (C=O) groups is 2. The molecule has 198 valence electrons. The molecule has 1 aliphatic rings. The predicted octanol–water partition coefficient (Wildman–Crippen LogP) is 6.89. The predicted molar refractivity (Wildman–Crippen MR) is 128 cm³/mol. The molecule has 0 atom stereocenters. The monoisotopic (exact) mass is 534 g/mol. The Morgan fingerprint density at radius 2 is 1.75 bits per heavy atom. The molecular weight excluding hydrogens is 507 g/mol. The van der Waals surface area contributed by atoms with Crippen LogP contribution in [0.5, 0.6) is 0 Å². The van der Waals surface area contributed by atoms with Crippen LogP contribution in [0.2, 0.25) is 0 Å². The molecular formula is C23H27F5N4O3S. The fraction of sp³-hybridized carbons (Fsp3) is 0.391. The number of carbonyl (C=O) groups excluding carboxylic acids is 2. The highest BCUT2D eigenvalue weighted by atomic mass is 32.5. The summed E-state index contributed by atoms with van der Waals surface area (Å²) >= 11 is 0. The molecule has 2 heterocycles. The van der Waals surface area contributed by atoms with Crippen LogP contribution in [0, 0.1) is 0 Å². The molecule has 2 aromatic heterocycles.